The lowest BCUT2D eigenvalue weighted by Gasteiger charge is -2.10. The van der Waals surface area contributed by atoms with Crippen molar-refractivity contribution in [1.29, 1.82) is 0 Å². The van der Waals surface area contributed by atoms with Gasteiger partial charge in [-0.1, -0.05) is 6.07 Å². The first-order chi connectivity index (χ1) is 13.3. The van der Waals surface area contributed by atoms with E-state index in [1.54, 1.807) is 18.3 Å². The van der Waals surface area contributed by atoms with Crippen molar-refractivity contribution in [2.45, 2.75) is 11.4 Å². The van der Waals surface area contributed by atoms with Crippen LogP contribution >= 0.6 is 0 Å². The monoisotopic (exact) mass is 405 g/mol. The van der Waals surface area contributed by atoms with Gasteiger partial charge in [0, 0.05) is 25.0 Å². The average Bonchev–Trinajstić information content (AvgIpc) is 3.20. The van der Waals surface area contributed by atoms with Crippen molar-refractivity contribution in [2.75, 3.05) is 12.4 Å². The van der Waals surface area contributed by atoms with Gasteiger partial charge in [0.05, 0.1) is 21.8 Å². The van der Waals surface area contributed by atoms with Crippen LogP contribution in [0, 0.1) is 15.9 Å². The van der Waals surface area contributed by atoms with Crippen molar-refractivity contribution in [3.8, 4) is 5.69 Å². The lowest BCUT2D eigenvalue weighted by molar-refractivity contribution is -0.384. The van der Waals surface area contributed by atoms with Gasteiger partial charge in [0.1, 0.15) is 11.5 Å². The van der Waals surface area contributed by atoms with Crippen molar-refractivity contribution < 1.29 is 17.7 Å². The second kappa shape index (κ2) is 7.74. The topological polar surface area (TPSA) is 119 Å². The molecule has 146 valence electrons. The molecule has 0 amide bonds. The van der Waals surface area contributed by atoms with Crippen molar-refractivity contribution in [3.63, 3.8) is 0 Å². The average molecular weight is 405 g/mol. The molecule has 0 aliphatic heterocycles. The van der Waals surface area contributed by atoms with Gasteiger partial charge in [0.25, 0.3) is 5.69 Å². The number of benzene rings is 2. The molecule has 3 rings (SSSR count). The quantitative estimate of drug-likeness (QED) is 0.460. The van der Waals surface area contributed by atoms with E-state index in [-0.39, 0.29) is 17.1 Å². The minimum atomic E-state index is -3.81. The molecule has 0 aliphatic rings. The number of nitrogens with zero attached hydrogens (tertiary/aromatic N) is 3. The summed E-state index contributed by atoms with van der Waals surface area (Å²) in [6.45, 7) is 0.111. The summed E-state index contributed by atoms with van der Waals surface area (Å²) in [5.41, 5.74) is 0.613. The van der Waals surface area contributed by atoms with Gasteiger partial charge in [-0.25, -0.2) is 22.5 Å². The summed E-state index contributed by atoms with van der Waals surface area (Å²) in [6.07, 6.45) is 4.62. The van der Waals surface area contributed by atoms with Crippen LogP contribution in [0.25, 0.3) is 5.69 Å². The molecule has 0 aliphatic carbocycles. The van der Waals surface area contributed by atoms with Crippen LogP contribution in [0.5, 0.6) is 0 Å². The maximum Gasteiger partial charge on any atom is 0.293 e. The number of imidazole rings is 1. The van der Waals surface area contributed by atoms with Gasteiger partial charge < -0.3 is 9.88 Å². The highest BCUT2D eigenvalue weighted by Crippen LogP contribution is 2.28. The Labute approximate surface area is 160 Å². The number of halogens is 1. The van der Waals surface area contributed by atoms with Gasteiger partial charge in [-0.3, -0.25) is 10.1 Å². The molecule has 0 atom stereocenters. The highest BCUT2D eigenvalue weighted by atomic mass is 32.2. The molecule has 2 aromatic carbocycles. The number of hydrogen-bond acceptors (Lipinski definition) is 6. The molecule has 0 bridgehead atoms. The number of hydrogen-bond donors (Lipinski definition) is 2. The number of nitro benzene ring substituents is 1. The van der Waals surface area contributed by atoms with Crippen molar-refractivity contribution >= 4 is 21.4 Å². The minimum Gasteiger partial charge on any atom is -0.375 e. The van der Waals surface area contributed by atoms with E-state index < -0.39 is 26.5 Å². The predicted octanol–water partition coefficient (Wildman–Crippen LogP) is 2.44. The first-order valence-corrected chi connectivity index (χ1v) is 9.53. The Kier molecular flexibility index (Phi) is 5.38. The van der Waals surface area contributed by atoms with E-state index in [9.17, 15) is 22.9 Å². The summed E-state index contributed by atoms with van der Waals surface area (Å²) in [6, 6.07) is 8.09. The largest absolute Gasteiger partial charge is 0.375 e. The first-order valence-electron chi connectivity index (χ1n) is 8.04. The highest BCUT2D eigenvalue weighted by molar-refractivity contribution is 7.89. The summed E-state index contributed by atoms with van der Waals surface area (Å²) in [4.78, 5) is 14.3. The molecule has 0 unspecified atom stereocenters. The number of anilines is 1. The standard InChI is InChI=1S/C17H16FN5O4S/c1-19-28(26,27)13-3-4-15(17(9-13)23(24)25)21-10-12-2-5-16(14(18)8-12)22-7-6-20-11-22/h2-9,11,19,21H,10H2,1H3. The van der Waals surface area contributed by atoms with Crippen LogP contribution in [0.1, 0.15) is 5.56 Å². The third kappa shape index (κ3) is 4.00. The molecule has 11 heteroatoms. The first kappa shape index (κ1) is 19.5. The molecule has 28 heavy (non-hydrogen) atoms. The zero-order valence-electron chi connectivity index (χ0n) is 14.7. The number of nitrogens with one attached hydrogen (secondary N) is 2. The fraction of sp³-hybridized carbons (Fsp3) is 0.118. The molecular formula is C17H16FN5O4S. The fourth-order valence-electron chi connectivity index (χ4n) is 2.57. The Morgan fingerprint density at radius 2 is 2.04 bits per heavy atom. The Bertz CT molecular complexity index is 1120. The van der Waals surface area contributed by atoms with Gasteiger partial charge in [0.15, 0.2) is 0 Å². The second-order valence-electron chi connectivity index (χ2n) is 5.75. The number of nitro groups is 1. The SMILES string of the molecule is CNS(=O)(=O)c1ccc(NCc2ccc(-n3ccnc3)c(F)c2)c([N+](=O)[O-])c1. The Morgan fingerprint density at radius 1 is 1.25 bits per heavy atom. The van der Waals surface area contributed by atoms with Crippen molar-refractivity contribution in [3.05, 3.63) is 76.6 Å². The Hall–Kier alpha value is -3.31. The molecule has 9 nitrogen and oxygen atoms in total. The zero-order chi connectivity index (χ0) is 20.3. The van der Waals surface area contributed by atoms with E-state index in [1.807, 2.05) is 0 Å². The number of aromatic nitrogens is 2. The van der Waals surface area contributed by atoms with Gasteiger partial charge in [0.2, 0.25) is 10.0 Å². The highest BCUT2D eigenvalue weighted by Gasteiger charge is 2.20. The maximum atomic E-state index is 14.3. The summed E-state index contributed by atoms with van der Waals surface area (Å²) in [5, 5.41) is 14.2. The van der Waals surface area contributed by atoms with Gasteiger partial charge in [-0.2, -0.15) is 0 Å². The maximum absolute atomic E-state index is 14.3. The van der Waals surface area contributed by atoms with E-state index in [4.69, 9.17) is 0 Å². The number of rotatable bonds is 7. The summed E-state index contributed by atoms with van der Waals surface area (Å²) >= 11 is 0. The van der Waals surface area contributed by atoms with Crippen LogP contribution in [0.15, 0.2) is 60.0 Å². The molecule has 0 radical (unpaired) electrons. The molecule has 0 saturated heterocycles. The molecule has 1 aromatic heterocycles. The van der Waals surface area contributed by atoms with E-state index >= 15 is 0 Å². The van der Waals surface area contributed by atoms with Crippen LogP contribution in [0.3, 0.4) is 0 Å². The van der Waals surface area contributed by atoms with Crippen LogP contribution in [-0.4, -0.2) is 29.9 Å². The van der Waals surface area contributed by atoms with Gasteiger partial charge in [-0.15, -0.1) is 0 Å². The van der Waals surface area contributed by atoms with Crippen LogP contribution in [-0.2, 0) is 16.6 Å². The predicted molar refractivity (Wildman–Crippen MR) is 100 cm³/mol. The van der Waals surface area contributed by atoms with E-state index in [0.717, 1.165) is 6.07 Å². The Morgan fingerprint density at radius 3 is 2.64 bits per heavy atom. The van der Waals surface area contributed by atoms with Crippen LogP contribution < -0.4 is 10.0 Å². The molecule has 2 N–H and O–H groups in total. The lowest BCUT2D eigenvalue weighted by atomic mass is 10.2. The van der Waals surface area contributed by atoms with E-state index in [1.165, 1.54) is 42.3 Å². The fourth-order valence-corrected chi connectivity index (χ4v) is 3.32. The third-order valence-corrected chi connectivity index (χ3v) is 5.43. The van der Waals surface area contributed by atoms with Gasteiger partial charge >= 0.3 is 0 Å². The van der Waals surface area contributed by atoms with Crippen molar-refractivity contribution in [1.82, 2.24) is 14.3 Å². The number of sulfonamides is 1. The van der Waals surface area contributed by atoms with Crippen molar-refractivity contribution in [2.24, 2.45) is 0 Å². The molecule has 0 spiro atoms. The molecule has 1 heterocycles. The van der Waals surface area contributed by atoms with E-state index in [2.05, 4.69) is 15.0 Å². The molecule has 3 aromatic rings. The smallest absolute Gasteiger partial charge is 0.293 e. The van der Waals surface area contributed by atoms with Gasteiger partial charge in [-0.05, 0) is 36.9 Å². The zero-order valence-corrected chi connectivity index (χ0v) is 15.5. The van der Waals surface area contributed by atoms with Crippen LogP contribution in [0.4, 0.5) is 15.8 Å². The molecular weight excluding hydrogens is 389 g/mol. The summed E-state index contributed by atoms with van der Waals surface area (Å²) in [5.74, 6) is -0.470. The minimum absolute atomic E-state index is 0.111. The Balaban J connectivity index is 1.82. The van der Waals surface area contributed by atoms with E-state index in [0.29, 0.717) is 11.3 Å². The normalized spacial score (nSPS) is 11.4. The molecule has 0 saturated carbocycles. The summed E-state index contributed by atoms with van der Waals surface area (Å²) in [7, 11) is -2.59. The third-order valence-electron chi connectivity index (χ3n) is 4.02. The second-order valence-corrected chi connectivity index (χ2v) is 7.64. The summed E-state index contributed by atoms with van der Waals surface area (Å²) < 4.78 is 41.6. The van der Waals surface area contributed by atoms with Crippen LogP contribution in [0.2, 0.25) is 0 Å². The molecule has 0 fully saturated rings. The lowest BCUT2D eigenvalue weighted by Crippen LogP contribution is -2.18.